The Morgan fingerprint density at radius 1 is 0.828 bits per heavy atom. The van der Waals surface area contributed by atoms with Gasteiger partial charge in [-0.2, -0.15) is 5.26 Å². The van der Waals surface area contributed by atoms with E-state index in [4.69, 9.17) is 27.6 Å². The van der Waals surface area contributed by atoms with E-state index in [0.717, 1.165) is 22.3 Å². The van der Waals surface area contributed by atoms with E-state index >= 15 is 0 Å². The van der Waals surface area contributed by atoms with E-state index < -0.39 is 0 Å². The van der Waals surface area contributed by atoms with E-state index in [0.29, 0.717) is 21.4 Å². The van der Waals surface area contributed by atoms with E-state index in [1.807, 2.05) is 60.7 Å². The van der Waals surface area contributed by atoms with Gasteiger partial charge in [0.25, 0.3) is 0 Å². The van der Waals surface area contributed by atoms with Crippen molar-refractivity contribution in [1.82, 2.24) is 0 Å². The number of halogens is 2. The van der Waals surface area contributed by atoms with Gasteiger partial charge in [0.1, 0.15) is 17.4 Å². The van der Waals surface area contributed by atoms with Crippen molar-refractivity contribution in [3.63, 3.8) is 0 Å². The molecule has 4 aromatic rings. The van der Waals surface area contributed by atoms with Crippen LogP contribution in [0.2, 0.25) is 10.0 Å². The number of furan rings is 1. The van der Waals surface area contributed by atoms with Crippen LogP contribution in [0, 0.1) is 11.3 Å². The standard InChI is InChI=1S/C24H14Cl2N2O/c25-20-12-11-16(13-21(20)26)15-28-24-19(14-27)22(17-7-3-1-4-8-17)23(29-24)18-9-5-2-6-10-18/h1-13,15H. The van der Waals surface area contributed by atoms with Crippen molar-refractivity contribution in [3.05, 3.63) is 100 Å². The van der Waals surface area contributed by atoms with Gasteiger partial charge >= 0.3 is 0 Å². The Kier molecular flexibility index (Phi) is 5.48. The summed E-state index contributed by atoms with van der Waals surface area (Å²) in [6, 6.07) is 26.8. The maximum absolute atomic E-state index is 9.88. The Morgan fingerprint density at radius 2 is 1.48 bits per heavy atom. The molecule has 140 valence electrons. The molecule has 5 heteroatoms. The number of benzene rings is 3. The van der Waals surface area contributed by atoms with Crippen LogP contribution >= 0.6 is 23.2 Å². The van der Waals surface area contributed by atoms with Gasteiger partial charge in [0.2, 0.25) is 5.88 Å². The summed E-state index contributed by atoms with van der Waals surface area (Å²) in [7, 11) is 0. The normalized spacial score (nSPS) is 10.9. The van der Waals surface area contributed by atoms with Gasteiger partial charge in [-0.25, -0.2) is 4.99 Å². The highest BCUT2D eigenvalue weighted by molar-refractivity contribution is 6.42. The van der Waals surface area contributed by atoms with Crippen molar-refractivity contribution in [2.45, 2.75) is 0 Å². The summed E-state index contributed by atoms with van der Waals surface area (Å²) in [5, 5.41) is 10.8. The van der Waals surface area contributed by atoms with Gasteiger partial charge in [-0.05, 0) is 23.3 Å². The predicted octanol–water partition coefficient (Wildman–Crippen LogP) is 7.54. The third-order valence-electron chi connectivity index (χ3n) is 4.37. The first-order valence-electron chi connectivity index (χ1n) is 8.84. The van der Waals surface area contributed by atoms with Crippen LogP contribution in [-0.2, 0) is 0 Å². The van der Waals surface area contributed by atoms with Crippen molar-refractivity contribution in [2.75, 3.05) is 0 Å². The van der Waals surface area contributed by atoms with E-state index in [1.165, 1.54) is 0 Å². The fourth-order valence-corrected chi connectivity index (χ4v) is 3.32. The molecule has 0 bridgehead atoms. The van der Waals surface area contributed by atoms with Crippen molar-refractivity contribution in [2.24, 2.45) is 4.99 Å². The Bertz CT molecular complexity index is 1220. The van der Waals surface area contributed by atoms with Crippen molar-refractivity contribution in [3.8, 4) is 28.5 Å². The zero-order valence-electron chi connectivity index (χ0n) is 15.1. The van der Waals surface area contributed by atoms with Crippen LogP contribution in [0.4, 0.5) is 5.88 Å². The maximum atomic E-state index is 9.88. The zero-order valence-corrected chi connectivity index (χ0v) is 16.7. The third-order valence-corrected chi connectivity index (χ3v) is 5.11. The molecule has 3 nitrogen and oxygen atoms in total. The van der Waals surface area contributed by atoms with Crippen LogP contribution in [0.5, 0.6) is 0 Å². The van der Waals surface area contributed by atoms with Gasteiger partial charge in [-0.1, -0.05) is 89.9 Å². The fraction of sp³-hybridized carbons (Fsp3) is 0. The molecule has 3 aromatic carbocycles. The largest absolute Gasteiger partial charge is 0.436 e. The molecule has 0 unspecified atom stereocenters. The summed E-state index contributed by atoms with van der Waals surface area (Å²) in [6.07, 6.45) is 1.60. The summed E-state index contributed by atoms with van der Waals surface area (Å²) in [4.78, 5) is 4.43. The topological polar surface area (TPSA) is 49.3 Å². The zero-order chi connectivity index (χ0) is 20.2. The molecule has 0 saturated carbocycles. The van der Waals surface area contributed by atoms with Gasteiger partial charge in [-0.3, -0.25) is 0 Å². The van der Waals surface area contributed by atoms with Gasteiger partial charge in [0.15, 0.2) is 0 Å². The number of rotatable bonds is 4. The molecule has 0 radical (unpaired) electrons. The van der Waals surface area contributed by atoms with E-state index in [-0.39, 0.29) is 5.88 Å². The highest BCUT2D eigenvalue weighted by atomic mass is 35.5. The van der Waals surface area contributed by atoms with Crippen molar-refractivity contribution < 1.29 is 4.42 Å². The molecule has 0 aliphatic carbocycles. The number of nitrogens with zero attached hydrogens (tertiary/aromatic N) is 2. The molecule has 1 aromatic heterocycles. The lowest BCUT2D eigenvalue weighted by molar-refractivity contribution is 0.593. The Balaban J connectivity index is 1.87. The first-order chi connectivity index (χ1) is 14.2. The Labute approximate surface area is 178 Å². The molecule has 0 atom stereocenters. The summed E-state index contributed by atoms with van der Waals surface area (Å²) >= 11 is 12.0. The molecule has 0 spiro atoms. The van der Waals surface area contributed by atoms with Crippen LogP contribution in [0.25, 0.3) is 22.5 Å². The molecule has 0 aliphatic rings. The molecular formula is C24H14Cl2N2O. The second-order valence-corrected chi connectivity index (χ2v) is 7.08. The lowest BCUT2D eigenvalue weighted by Gasteiger charge is -2.03. The van der Waals surface area contributed by atoms with E-state index in [2.05, 4.69) is 11.1 Å². The third kappa shape index (κ3) is 3.95. The molecule has 29 heavy (non-hydrogen) atoms. The minimum absolute atomic E-state index is 0.247. The molecular weight excluding hydrogens is 403 g/mol. The molecule has 4 rings (SSSR count). The van der Waals surface area contributed by atoms with Crippen LogP contribution in [0.15, 0.2) is 88.3 Å². The molecule has 0 saturated heterocycles. The summed E-state index contributed by atoms with van der Waals surface area (Å²) < 4.78 is 6.07. The number of aliphatic imine (C=N–C) groups is 1. The predicted molar refractivity (Wildman–Crippen MR) is 118 cm³/mol. The first-order valence-corrected chi connectivity index (χ1v) is 9.60. The summed E-state index contributed by atoms with van der Waals surface area (Å²) in [6.45, 7) is 0. The van der Waals surface area contributed by atoms with Gasteiger partial charge in [0, 0.05) is 17.3 Å². The highest BCUT2D eigenvalue weighted by Gasteiger charge is 2.22. The van der Waals surface area contributed by atoms with Crippen LogP contribution in [0.1, 0.15) is 11.1 Å². The SMILES string of the molecule is N#Cc1c(N=Cc2ccc(Cl)c(Cl)c2)oc(-c2ccccc2)c1-c1ccccc1. The minimum Gasteiger partial charge on any atom is -0.436 e. The monoisotopic (exact) mass is 416 g/mol. The summed E-state index contributed by atoms with van der Waals surface area (Å²) in [5.74, 6) is 0.853. The molecule has 0 fully saturated rings. The average molecular weight is 417 g/mol. The maximum Gasteiger partial charge on any atom is 0.238 e. The molecule has 0 amide bonds. The second-order valence-electron chi connectivity index (χ2n) is 6.26. The Morgan fingerprint density at radius 3 is 2.10 bits per heavy atom. The Hall–Kier alpha value is -3.32. The lowest BCUT2D eigenvalue weighted by Crippen LogP contribution is -1.83. The van der Waals surface area contributed by atoms with E-state index in [1.54, 1.807) is 24.4 Å². The first kappa shape index (κ1) is 19.0. The average Bonchev–Trinajstić information content (AvgIpc) is 3.14. The smallest absolute Gasteiger partial charge is 0.238 e. The van der Waals surface area contributed by atoms with Crippen LogP contribution < -0.4 is 0 Å². The molecule has 0 N–H and O–H groups in total. The molecule has 0 aliphatic heterocycles. The summed E-state index contributed by atoms with van der Waals surface area (Å²) in [5.41, 5.74) is 3.62. The van der Waals surface area contributed by atoms with Crippen molar-refractivity contribution >= 4 is 35.3 Å². The van der Waals surface area contributed by atoms with Crippen LogP contribution in [0.3, 0.4) is 0 Å². The number of hydrogen-bond acceptors (Lipinski definition) is 3. The van der Waals surface area contributed by atoms with Crippen molar-refractivity contribution in [1.29, 1.82) is 5.26 Å². The van der Waals surface area contributed by atoms with Gasteiger partial charge in [-0.15, -0.1) is 0 Å². The molecule has 1 heterocycles. The number of nitriles is 1. The lowest BCUT2D eigenvalue weighted by atomic mass is 9.98. The fourth-order valence-electron chi connectivity index (χ4n) is 3.01. The number of hydrogen-bond donors (Lipinski definition) is 0. The highest BCUT2D eigenvalue weighted by Crippen LogP contribution is 2.42. The van der Waals surface area contributed by atoms with Gasteiger partial charge < -0.3 is 4.42 Å². The quantitative estimate of drug-likeness (QED) is 0.322. The second kappa shape index (κ2) is 8.36. The van der Waals surface area contributed by atoms with Gasteiger partial charge in [0.05, 0.1) is 10.0 Å². The van der Waals surface area contributed by atoms with Crippen LogP contribution in [-0.4, -0.2) is 6.21 Å². The van der Waals surface area contributed by atoms with E-state index in [9.17, 15) is 5.26 Å². The minimum atomic E-state index is 0.247.